The van der Waals surface area contributed by atoms with Crippen LogP contribution >= 0.6 is 27.7 Å². The molecule has 3 aromatic carbocycles. The first-order valence-corrected chi connectivity index (χ1v) is 9.72. The molecule has 0 saturated heterocycles. The first-order valence-electron chi connectivity index (χ1n) is 8.05. The summed E-state index contributed by atoms with van der Waals surface area (Å²) in [6.45, 7) is 0. The first kappa shape index (κ1) is 17.1. The van der Waals surface area contributed by atoms with Crippen LogP contribution in [0.1, 0.15) is 6.42 Å². The van der Waals surface area contributed by atoms with E-state index in [1.54, 1.807) is 6.07 Å². The zero-order chi connectivity index (χ0) is 18.1. The van der Waals surface area contributed by atoms with Crippen molar-refractivity contribution in [3.8, 4) is 5.75 Å². The Hall–Kier alpha value is -2.31. The third-order valence-corrected chi connectivity index (χ3v) is 5.83. The minimum absolute atomic E-state index is 0.0171. The van der Waals surface area contributed by atoms with Crippen LogP contribution in [0.3, 0.4) is 0 Å². The maximum Gasteiger partial charge on any atom is 0.312 e. The van der Waals surface area contributed by atoms with Gasteiger partial charge in [0, 0.05) is 9.37 Å². The summed E-state index contributed by atoms with van der Waals surface area (Å²) in [7, 11) is 0. The molecule has 0 bridgehead atoms. The van der Waals surface area contributed by atoms with E-state index >= 15 is 0 Å². The van der Waals surface area contributed by atoms with Crippen molar-refractivity contribution in [1.82, 2.24) is 0 Å². The molecule has 0 unspecified atom stereocenters. The number of ether oxygens (including phenoxy) is 1. The number of carbonyl (C=O) groups is 2. The predicted octanol–water partition coefficient (Wildman–Crippen LogP) is 5.01. The van der Waals surface area contributed by atoms with Crippen molar-refractivity contribution in [2.45, 2.75) is 16.6 Å². The summed E-state index contributed by atoms with van der Waals surface area (Å²) in [5, 5.41) is 4.38. The Morgan fingerprint density at radius 3 is 2.73 bits per heavy atom. The number of amides is 1. The van der Waals surface area contributed by atoms with Gasteiger partial charge in [-0.3, -0.25) is 9.59 Å². The van der Waals surface area contributed by atoms with Crippen molar-refractivity contribution in [2.75, 3.05) is 5.32 Å². The molecule has 1 aliphatic rings. The average molecular weight is 428 g/mol. The number of halogens is 1. The highest BCUT2D eigenvalue weighted by Gasteiger charge is 2.29. The summed E-state index contributed by atoms with van der Waals surface area (Å²) >= 11 is 4.83. The van der Waals surface area contributed by atoms with Crippen molar-refractivity contribution in [3.05, 3.63) is 65.1 Å². The molecule has 0 fully saturated rings. The molecule has 26 heavy (non-hydrogen) atoms. The van der Waals surface area contributed by atoms with Crippen LogP contribution in [0.5, 0.6) is 5.75 Å². The summed E-state index contributed by atoms with van der Waals surface area (Å²) in [5.41, 5.74) is 0.785. The number of nitrogens with one attached hydrogen (secondary N) is 1. The third-order valence-electron chi connectivity index (χ3n) is 4.06. The molecule has 0 radical (unpaired) electrons. The van der Waals surface area contributed by atoms with Crippen molar-refractivity contribution in [3.63, 3.8) is 0 Å². The normalized spacial score (nSPS) is 16.0. The van der Waals surface area contributed by atoms with Gasteiger partial charge in [0.25, 0.3) is 0 Å². The van der Waals surface area contributed by atoms with Crippen molar-refractivity contribution in [2.24, 2.45) is 0 Å². The standard InChI is InChI=1S/C20H14BrNO3S/c21-14-7-5-13-10-15(8-6-12(13)9-14)25-19(23)11-18-20(24)22-16-3-1-2-4-17(16)26-18/h1-10,18H,11H2,(H,22,24)/t18-/m1/s1. The minimum atomic E-state index is -0.492. The largest absolute Gasteiger partial charge is 0.426 e. The predicted molar refractivity (Wildman–Crippen MR) is 107 cm³/mol. The molecule has 6 heteroatoms. The highest BCUT2D eigenvalue weighted by molar-refractivity contribution is 9.10. The van der Waals surface area contributed by atoms with Crippen LogP contribution in [0.15, 0.2) is 70.0 Å². The molecule has 4 rings (SSSR count). The molecule has 0 aromatic heterocycles. The molecule has 1 heterocycles. The molecular formula is C20H14BrNO3S. The average Bonchev–Trinajstić information content (AvgIpc) is 2.62. The summed E-state index contributed by atoms with van der Waals surface area (Å²) < 4.78 is 6.44. The van der Waals surface area contributed by atoms with Crippen LogP contribution in [0.25, 0.3) is 10.8 Å². The number of esters is 1. The Morgan fingerprint density at radius 2 is 1.85 bits per heavy atom. The molecule has 1 amide bonds. The Morgan fingerprint density at radius 1 is 1.08 bits per heavy atom. The SMILES string of the molecule is O=C(C[C@H]1Sc2ccccc2NC1=O)Oc1ccc2cc(Br)ccc2c1. The van der Waals surface area contributed by atoms with Gasteiger partial charge in [-0.05, 0) is 47.2 Å². The van der Waals surface area contributed by atoms with E-state index in [-0.39, 0.29) is 12.3 Å². The van der Waals surface area contributed by atoms with Crippen LogP contribution in [0.4, 0.5) is 5.69 Å². The molecule has 0 spiro atoms. The van der Waals surface area contributed by atoms with Gasteiger partial charge in [0.2, 0.25) is 5.91 Å². The number of fused-ring (bicyclic) bond motifs is 2. The van der Waals surface area contributed by atoms with Crippen molar-refractivity contribution in [1.29, 1.82) is 0 Å². The number of benzene rings is 3. The van der Waals surface area contributed by atoms with Gasteiger partial charge in [-0.2, -0.15) is 0 Å². The lowest BCUT2D eigenvalue weighted by atomic mass is 10.1. The maximum absolute atomic E-state index is 12.3. The van der Waals surface area contributed by atoms with E-state index in [0.717, 1.165) is 25.8 Å². The van der Waals surface area contributed by atoms with Crippen LogP contribution in [-0.2, 0) is 9.59 Å². The quantitative estimate of drug-likeness (QED) is 0.471. The number of thioether (sulfide) groups is 1. The number of hydrogen-bond donors (Lipinski definition) is 1. The fraction of sp³-hybridized carbons (Fsp3) is 0.100. The van der Waals surface area contributed by atoms with E-state index in [0.29, 0.717) is 5.75 Å². The molecule has 0 saturated carbocycles. The number of hydrogen-bond acceptors (Lipinski definition) is 4. The van der Waals surface area contributed by atoms with Gasteiger partial charge in [-0.1, -0.05) is 40.2 Å². The summed E-state index contributed by atoms with van der Waals surface area (Å²) in [6.07, 6.45) is 0.0171. The molecule has 3 aromatic rings. The number of anilines is 1. The lowest BCUT2D eigenvalue weighted by Crippen LogP contribution is -2.31. The highest BCUT2D eigenvalue weighted by Crippen LogP contribution is 2.36. The molecular weight excluding hydrogens is 414 g/mol. The van der Waals surface area contributed by atoms with Gasteiger partial charge in [-0.15, -0.1) is 11.8 Å². The van der Waals surface area contributed by atoms with Crippen molar-refractivity contribution < 1.29 is 14.3 Å². The summed E-state index contributed by atoms with van der Waals surface area (Å²) in [5.74, 6) is -0.117. The van der Waals surface area contributed by atoms with Crippen LogP contribution in [0.2, 0.25) is 0 Å². The molecule has 1 N–H and O–H groups in total. The second-order valence-electron chi connectivity index (χ2n) is 5.92. The van der Waals surface area contributed by atoms with Gasteiger partial charge < -0.3 is 10.1 Å². The molecule has 0 aliphatic carbocycles. The van der Waals surface area contributed by atoms with E-state index < -0.39 is 11.2 Å². The van der Waals surface area contributed by atoms with E-state index in [4.69, 9.17) is 4.74 Å². The van der Waals surface area contributed by atoms with Gasteiger partial charge in [0.15, 0.2) is 0 Å². The topological polar surface area (TPSA) is 55.4 Å². The molecule has 130 valence electrons. The Kier molecular flexibility index (Phi) is 4.70. The number of carbonyl (C=O) groups excluding carboxylic acids is 2. The summed E-state index contributed by atoms with van der Waals surface area (Å²) in [6, 6.07) is 18.9. The monoisotopic (exact) mass is 427 g/mol. The second kappa shape index (κ2) is 7.13. The van der Waals surface area contributed by atoms with Gasteiger partial charge in [-0.25, -0.2) is 0 Å². The Bertz CT molecular complexity index is 1020. The van der Waals surface area contributed by atoms with Gasteiger partial charge in [0.1, 0.15) is 5.75 Å². The van der Waals surface area contributed by atoms with E-state index in [9.17, 15) is 9.59 Å². The van der Waals surface area contributed by atoms with E-state index in [1.807, 2.05) is 54.6 Å². The van der Waals surface area contributed by atoms with Crippen LogP contribution in [-0.4, -0.2) is 17.1 Å². The lowest BCUT2D eigenvalue weighted by Gasteiger charge is -2.23. The summed E-state index contributed by atoms with van der Waals surface area (Å²) in [4.78, 5) is 25.5. The second-order valence-corrected chi connectivity index (χ2v) is 8.08. The number of rotatable bonds is 3. The lowest BCUT2D eigenvalue weighted by molar-refractivity contribution is -0.135. The first-order chi connectivity index (χ1) is 12.6. The zero-order valence-electron chi connectivity index (χ0n) is 13.6. The van der Waals surface area contributed by atoms with Crippen molar-refractivity contribution >= 4 is 56.0 Å². The highest BCUT2D eigenvalue weighted by atomic mass is 79.9. The fourth-order valence-electron chi connectivity index (χ4n) is 2.81. The molecule has 1 aliphatic heterocycles. The molecule has 1 atom stereocenters. The minimum Gasteiger partial charge on any atom is -0.426 e. The smallest absolute Gasteiger partial charge is 0.312 e. The fourth-order valence-corrected chi connectivity index (χ4v) is 4.28. The molecule has 4 nitrogen and oxygen atoms in total. The Balaban J connectivity index is 1.46. The van der Waals surface area contributed by atoms with Gasteiger partial charge >= 0.3 is 5.97 Å². The third kappa shape index (κ3) is 3.61. The zero-order valence-corrected chi connectivity index (χ0v) is 16.0. The number of para-hydroxylation sites is 1. The van der Waals surface area contributed by atoms with E-state index in [2.05, 4.69) is 21.2 Å². The van der Waals surface area contributed by atoms with E-state index in [1.165, 1.54) is 11.8 Å². The maximum atomic E-state index is 12.3. The van der Waals surface area contributed by atoms with Crippen LogP contribution in [0, 0.1) is 0 Å². The van der Waals surface area contributed by atoms with Crippen LogP contribution < -0.4 is 10.1 Å². The Labute approximate surface area is 163 Å². The van der Waals surface area contributed by atoms with Gasteiger partial charge in [0.05, 0.1) is 17.4 Å².